The lowest BCUT2D eigenvalue weighted by atomic mass is 9.61. The molecule has 2 fully saturated rings. The minimum atomic E-state index is -0.686. The van der Waals surface area contributed by atoms with Crippen molar-refractivity contribution in [1.82, 2.24) is 5.32 Å². The second kappa shape index (κ2) is 6.25. The van der Waals surface area contributed by atoms with Crippen molar-refractivity contribution in [2.45, 2.75) is 77.4 Å². The standard InChI is InChI=1S/C17H32N2O2/c1-12-14(18)8-7-13(16(12,2)3)15(20)19-11-17(21)9-5-4-6-10-17/h12-14,21H,4-11,18H2,1-3H3,(H,19,20). The SMILES string of the molecule is CC1C(N)CCC(C(=O)NCC2(O)CCCCC2)C1(C)C. The zero-order valence-corrected chi connectivity index (χ0v) is 13.8. The second-order valence-corrected chi connectivity index (χ2v) is 7.91. The molecule has 2 aliphatic rings. The van der Waals surface area contributed by atoms with Gasteiger partial charge < -0.3 is 16.2 Å². The summed E-state index contributed by atoms with van der Waals surface area (Å²) in [5.74, 6) is 0.428. The van der Waals surface area contributed by atoms with Crippen molar-refractivity contribution in [3.8, 4) is 0 Å². The lowest BCUT2D eigenvalue weighted by Gasteiger charge is -2.46. The molecule has 0 saturated heterocycles. The van der Waals surface area contributed by atoms with E-state index in [9.17, 15) is 9.90 Å². The van der Waals surface area contributed by atoms with E-state index in [2.05, 4.69) is 26.1 Å². The van der Waals surface area contributed by atoms with Gasteiger partial charge in [-0.15, -0.1) is 0 Å². The molecule has 1 amide bonds. The minimum Gasteiger partial charge on any atom is -0.388 e. The van der Waals surface area contributed by atoms with E-state index in [4.69, 9.17) is 5.73 Å². The minimum absolute atomic E-state index is 0.000472. The van der Waals surface area contributed by atoms with Gasteiger partial charge in [-0.05, 0) is 37.0 Å². The molecule has 3 unspecified atom stereocenters. The Morgan fingerprint density at radius 3 is 2.48 bits per heavy atom. The quantitative estimate of drug-likeness (QED) is 0.747. The van der Waals surface area contributed by atoms with Gasteiger partial charge in [0.2, 0.25) is 5.91 Å². The van der Waals surface area contributed by atoms with E-state index in [1.54, 1.807) is 0 Å². The van der Waals surface area contributed by atoms with Crippen LogP contribution in [0.15, 0.2) is 0 Å². The van der Waals surface area contributed by atoms with Crippen molar-refractivity contribution >= 4 is 5.91 Å². The molecule has 2 rings (SSSR count). The number of nitrogens with two attached hydrogens (primary N) is 1. The summed E-state index contributed by atoms with van der Waals surface area (Å²) in [6, 6.07) is 0.187. The molecular formula is C17H32N2O2. The molecule has 3 atom stereocenters. The van der Waals surface area contributed by atoms with Gasteiger partial charge in [0.15, 0.2) is 0 Å². The van der Waals surface area contributed by atoms with E-state index < -0.39 is 5.60 Å². The monoisotopic (exact) mass is 296 g/mol. The lowest BCUT2D eigenvalue weighted by Crippen LogP contribution is -2.53. The van der Waals surface area contributed by atoms with Crippen molar-refractivity contribution in [2.75, 3.05) is 6.54 Å². The van der Waals surface area contributed by atoms with Crippen LogP contribution in [0, 0.1) is 17.3 Å². The number of carbonyl (C=O) groups excluding carboxylic acids is 1. The summed E-state index contributed by atoms with van der Waals surface area (Å²) in [6.45, 7) is 6.85. The van der Waals surface area contributed by atoms with Crippen LogP contribution in [-0.2, 0) is 4.79 Å². The zero-order valence-electron chi connectivity index (χ0n) is 13.8. The Kier molecular flexibility index (Phi) is 4.99. The number of nitrogens with one attached hydrogen (secondary N) is 1. The Labute approximate surface area is 128 Å². The molecule has 4 N–H and O–H groups in total. The maximum Gasteiger partial charge on any atom is 0.223 e. The summed E-state index contributed by atoms with van der Waals surface area (Å²) in [6.07, 6.45) is 6.70. The first-order chi connectivity index (χ1) is 9.76. The smallest absolute Gasteiger partial charge is 0.223 e. The van der Waals surface area contributed by atoms with Crippen LogP contribution >= 0.6 is 0 Å². The van der Waals surface area contributed by atoms with Crippen LogP contribution in [0.5, 0.6) is 0 Å². The summed E-state index contributed by atoms with van der Waals surface area (Å²) >= 11 is 0. The highest BCUT2D eigenvalue weighted by molar-refractivity contribution is 5.79. The second-order valence-electron chi connectivity index (χ2n) is 7.91. The van der Waals surface area contributed by atoms with Gasteiger partial charge in [-0.25, -0.2) is 0 Å². The maximum atomic E-state index is 12.6. The van der Waals surface area contributed by atoms with E-state index in [1.165, 1.54) is 6.42 Å². The van der Waals surface area contributed by atoms with Gasteiger partial charge in [-0.1, -0.05) is 40.0 Å². The largest absolute Gasteiger partial charge is 0.388 e. The molecule has 0 heterocycles. The van der Waals surface area contributed by atoms with E-state index in [0.717, 1.165) is 38.5 Å². The topological polar surface area (TPSA) is 75.4 Å². The number of hydrogen-bond acceptors (Lipinski definition) is 3. The molecule has 2 saturated carbocycles. The molecule has 0 aliphatic heterocycles. The molecular weight excluding hydrogens is 264 g/mol. The number of hydrogen-bond donors (Lipinski definition) is 3. The fraction of sp³-hybridized carbons (Fsp3) is 0.941. The maximum absolute atomic E-state index is 12.6. The molecule has 2 aliphatic carbocycles. The average Bonchev–Trinajstić information content (AvgIpc) is 2.43. The van der Waals surface area contributed by atoms with E-state index in [-0.39, 0.29) is 23.3 Å². The van der Waals surface area contributed by atoms with Gasteiger partial charge in [0, 0.05) is 18.5 Å². The molecule has 0 radical (unpaired) electrons. The summed E-state index contributed by atoms with van der Waals surface area (Å²) in [4.78, 5) is 12.6. The first-order valence-corrected chi connectivity index (χ1v) is 8.52. The van der Waals surface area contributed by atoms with E-state index >= 15 is 0 Å². The van der Waals surface area contributed by atoms with Gasteiger partial charge in [0.25, 0.3) is 0 Å². The van der Waals surface area contributed by atoms with Crippen LogP contribution < -0.4 is 11.1 Å². The molecule has 0 aromatic carbocycles. The molecule has 0 bridgehead atoms. The fourth-order valence-corrected chi connectivity index (χ4v) is 4.08. The molecule has 0 aromatic rings. The van der Waals surface area contributed by atoms with Crippen molar-refractivity contribution in [1.29, 1.82) is 0 Å². The van der Waals surface area contributed by atoms with Gasteiger partial charge in [0.1, 0.15) is 0 Å². The normalized spacial score (nSPS) is 35.2. The Hall–Kier alpha value is -0.610. The first kappa shape index (κ1) is 16.8. The number of carbonyl (C=O) groups is 1. The Morgan fingerprint density at radius 2 is 1.86 bits per heavy atom. The highest BCUT2D eigenvalue weighted by atomic mass is 16.3. The predicted octanol–water partition coefficient (Wildman–Crippen LogP) is 2.20. The third-order valence-electron chi connectivity index (χ3n) is 6.20. The van der Waals surface area contributed by atoms with Crippen molar-refractivity contribution in [3.05, 3.63) is 0 Å². The number of amides is 1. The van der Waals surface area contributed by atoms with Crippen LogP contribution in [0.25, 0.3) is 0 Å². The Balaban J connectivity index is 1.93. The van der Waals surface area contributed by atoms with Crippen LogP contribution in [0.3, 0.4) is 0 Å². The third-order valence-corrected chi connectivity index (χ3v) is 6.20. The van der Waals surface area contributed by atoms with Gasteiger partial charge in [-0.3, -0.25) is 4.79 Å². The summed E-state index contributed by atoms with van der Waals surface area (Å²) in [5.41, 5.74) is 5.38. The molecule has 0 aromatic heterocycles. The number of aliphatic hydroxyl groups is 1. The van der Waals surface area contributed by atoms with Crippen LogP contribution in [0.4, 0.5) is 0 Å². The summed E-state index contributed by atoms with van der Waals surface area (Å²) in [7, 11) is 0. The van der Waals surface area contributed by atoms with Gasteiger partial charge in [0.05, 0.1) is 5.60 Å². The molecule has 4 nitrogen and oxygen atoms in total. The summed E-state index contributed by atoms with van der Waals surface area (Å²) in [5, 5.41) is 13.5. The van der Waals surface area contributed by atoms with Gasteiger partial charge >= 0.3 is 0 Å². The lowest BCUT2D eigenvalue weighted by molar-refractivity contribution is -0.134. The summed E-state index contributed by atoms with van der Waals surface area (Å²) < 4.78 is 0. The molecule has 0 spiro atoms. The van der Waals surface area contributed by atoms with Crippen molar-refractivity contribution in [2.24, 2.45) is 23.0 Å². The predicted molar refractivity (Wildman–Crippen MR) is 84.7 cm³/mol. The highest BCUT2D eigenvalue weighted by Crippen LogP contribution is 2.44. The third kappa shape index (κ3) is 3.59. The van der Waals surface area contributed by atoms with E-state index in [0.29, 0.717) is 12.5 Å². The average molecular weight is 296 g/mol. The number of rotatable bonds is 3. The molecule has 122 valence electrons. The van der Waals surface area contributed by atoms with Gasteiger partial charge in [-0.2, -0.15) is 0 Å². The Bertz CT molecular complexity index is 375. The van der Waals surface area contributed by atoms with Crippen LogP contribution in [-0.4, -0.2) is 29.2 Å². The molecule has 4 heteroatoms. The molecule has 21 heavy (non-hydrogen) atoms. The van der Waals surface area contributed by atoms with Crippen LogP contribution in [0.1, 0.15) is 65.7 Å². The Morgan fingerprint density at radius 1 is 1.24 bits per heavy atom. The van der Waals surface area contributed by atoms with E-state index in [1.807, 2.05) is 0 Å². The zero-order chi connectivity index (χ0) is 15.7. The van der Waals surface area contributed by atoms with Crippen molar-refractivity contribution < 1.29 is 9.90 Å². The van der Waals surface area contributed by atoms with Crippen LogP contribution in [0.2, 0.25) is 0 Å². The highest BCUT2D eigenvalue weighted by Gasteiger charge is 2.45. The first-order valence-electron chi connectivity index (χ1n) is 8.52. The fourth-order valence-electron chi connectivity index (χ4n) is 4.08. The van der Waals surface area contributed by atoms with Crippen molar-refractivity contribution in [3.63, 3.8) is 0 Å².